The molecular formula is C12H16N4O. The molecule has 0 radical (unpaired) electrons. The minimum Gasteiger partial charge on any atom is -0.398 e. The lowest BCUT2D eigenvalue weighted by atomic mass is 10.1. The van der Waals surface area contributed by atoms with Crippen LogP contribution in [0.15, 0.2) is 30.5 Å². The molecule has 0 aliphatic heterocycles. The number of aromatic nitrogens is 3. The zero-order valence-electron chi connectivity index (χ0n) is 9.74. The van der Waals surface area contributed by atoms with Gasteiger partial charge in [0.15, 0.2) is 0 Å². The Morgan fingerprint density at radius 3 is 2.88 bits per heavy atom. The van der Waals surface area contributed by atoms with Gasteiger partial charge in [-0.05, 0) is 12.5 Å². The molecule has 0 aliphatic carbocycles. The highest BCUT2D eigenvalue weighted by atomic mass is 16.3. The maximum absolute atomic E-state index is 10.3. The molecule has 0 spiro atoms. The third-order valence-electron chi connectivity index (χ3n) is 2.65. The molecule has 90 valence electrons. The predicted octanol–water partition coefficient (Wildman–Crippen LogP) is 1.35. The summed E-state index contributed by atoms with van der Waals surface area (Å²) in [5, 5.41) is 18.1. The molecule has 1 aromatic heterocycles. The average molecular weight is 232 g/mol. The van der Waals surface area contributed by atoms with E-state index in [1.54, 1.807) is 16.9 Å². The lowest BCUT2D eigenvalue weighted by molar-refractivity contribution is 0.208. The number of para-hydroxylation sites is 1. The van der Waals surface area contributed by atoms with Crippen LogP contribution in [-0.2, 0) is 6.54 Å². The van der Waals surface area contributed by atoms with Crippen molar-refractivity contribution in [2.45, 2.75) is 26.0 Å². The monoisotopic (exact) mass is 232 g/mol. The number of hydrogen-bond donors (Lipinski definition) is 2. The first-order chi connectivity index (χ1) is 8.24. The number of anilines is 1. The van der Waals surface area contributed by atoms with Crippen LogP contribution in [0.25, 0.3) is 0 Å². The van der Waals surface area contributed by atoms with E-state index in [1.165, 1.54) is 0 Å². The molecule has 0 aliphatic rings. The van der Waals surface area contributed by atoms with Crippen molar-refractivity contribution in [3.8, 4) is 0 Å². The fraction of sp³-hybridized carbons (Fsp3) is 0.333. The zero-order chi connectivity index (χ0) is 12.3. The van der Waals surface area contributed by atoms with E-state index in [1.807, 2.05) is 18.2 Å². The van der Waals surface area contributed by atoms with Crippen molar-refractivity contribution in [1.82, 2.24) is 15.0 Å². The van der Waals surface area contributed by atoms with E-state index in [2.05, 4.69) is 17.2 Å². The van der Waals surface area contributed by atoms with Crippen LogP contribution in [0.3, 0.4) is 0 Å². The molecule has 5 heteroatoms. The quantitative estimate of drug-likeness (QED) is 0.780. The summed E-state index contributed by atoms with van der Waals surface area (Å²) < 4.78 is 1.71. The zero-order valence-corrected chi connectivity index (χ0v) is 9.74. The van der Waals surface area contributed by atoms with Gasteiger partial charge in [-0.25, -0.2) is 4.68 Å². The molecular weight excluding hydrogens is 216 g/mol. The standard InChI is InChI=1S/C12H16N4O/c1-2-7-16-11(8-14-15-16)12(17)9-5-3-4-6-10(9)13/h3-6,8,12,17H,2,7,13H2,1H3. The minimum absolute atomic E-state index is 0.573. The fourth-order valence-electron chi connectivity index (χ4n) is 1.78. The summed E-state index contributed by atoms with van der Waals surface area (Å²) in [6.45, 7) is 2.79. The molecule has 3 N–H and O–H groups in total. The molecule has 0 bridgehead atoms. The molecule has 0 fully saturated rings. The summed E-state index contributed by atoms with van der Waals surface area (Å²) in [4.78, 5) is 0. The third kappa shape index (κ3) is 2.29. The summed E-state index contributed by atoms with van der Waals surface area (Å²) >= 11 is 0. The maximum atomic E-state index is 10.3. The summed E-state index contributed by atoms with van der Waals surface area (Å²) in [5.74, 6) is 0. The Bertz CT molecular complexity index is 495. The third-order valence-corrected chi connectivity index (χ3v) is 2.65. The molecule has 17 heavy (non-hydrogen) atoms. The summed E-state index contributed by atoms with van der Waals surface area (Å²) in [6, 6.07) is 7.27. The Balaban J connectivity index is 2.34. The van der Waals surface area contributed by atoms with Gasteiger partial charge in [-0.3, -0.25) is 0 Å². The number of aliphatic hydroxyl groups is 1. The normalized spacial score (nSPS) is 12.6. The topological polar surface area (TPSA) is 77.0 Å². The van der Waals surface area contributed by atoms with Crippen LogP contribution in [0.5, 0.6) is 0 Å². The van der Waals surface area contributed by atoms with E-state index in [9.17, 15) is 5.11 Å². The van der Waals surface area contributed by atoms with Gasteiger partial charge in [0.1, 0.15) is 6.10 Å². The van der Waals surface area contributed by atoms with E-state index in [4.69, 9.17) is 5.73 Å². The van der Waals surface area contributed by atoms with Crippen LogP contribution in [0.1, 0.15) is 30.7 Å². The van der Waals surface area contributed by atoms with E-state index in [0.29, 0.717) is 16.9 Å². The number of aryl methyl sites for hydroxylation is 1. The van der Waals surface area contributed by atoms with Crippen molar-refractivity contribution in [3.63, 3.8) is 0 Å². The van der Waals surface area contributed by atoms with Gasteiger partial charge in [-0.2, -0.15) is 0 Å². The van der Waals surface area contributed by atoms with Crippen LogP contribution in [0.4, 0.5) is 5.69 Å². The molecule has 2 aromatic rings. The highest BCUT2D eigenvalue weighted by Gasteiger charge is 2.17. The van der Waals surface area contributed by atoms with Gasteiger partial charge < -0.3 is 10.8 Å². The second-order valence-electron chi connectivity index (χ2n) is 3.91. The second kappa shape index (κ2) is 4.97. The van der Waals surface area contributed by atoms with Gasteiger partial charge in [-0.15, -0.1) is 5.10 Å². The largest absolute Gasteiger partial charge is 0.398 e. The van der Waals surface area contributed by atoms with Crippen LogP contribution in [-0.4, -0.2) is 20.1 Å². The van der Waals surface area contributed by atoms with E-state index in [0.717, 1.165) is 13.0 Å². The molecule has 5 nitrogen and oxygen atoms in total. The molecule has 0 saturated heterocycles. The molecule has 1 atom stereocenters. The van der Waals surface area contributed by atoms with Gasteiger partial charge in [-0.1, -0.05) is 30.3 Å². The first-order valence-electron chi connectivity index (χ1n) is 5.65. The minimum atomic E-state index is -0.780. The number of rotatable bonds is 4. The van der Waals surface area contributed by atoms with Gasteiger partial charge in [0.2, 0.25) is 0 Å². The molecule has 2 rings (SSSR count). The Labute approximate surface area is 99.9 Å². The highest BCUT2D eigenvalue weighted by molar-refractivity contribution is 5.49. The number of aliphatic hydroxyl groups excluding tert-OH is 1. The number of nitrogens with zero attached hydrogens (tertiary/aromatic N) is 3. The molecule has 1 unspecified atom stereocenters. The molecule has 0 saturated carbocycles. The SMILES string of the molecule is CCCn1nncc1C(O)c1ccccc1N. The second-order valence-corrected chi connectivity index (χ2v) is 3.91. The van der Waals surface area contributed by atoms with Crippen molar-refractivity contribution in [3.05, 3.63) is 41.7 Å². The van der Waals surface area contributed by atoms with E-state index >= 15 is 0 Å². The lowest BCUT2D eigenvalue weighted by Crippen LogP contribution is -2.11. The summed E-state index contributed by atoms with van der Waals surface area (Å²) in [7, 11) is 0. The van der Waals surface area contributed by atoms with Gasteiger partial charge >= 0.3 is 0 Å². The number of benzene rings is 1. The van der Waals surface area contributed by atoms with Gasteiger partial charge in [0.05, 0.1) is 11.9 Å². The Hall–Kier alpha value is -1.88. The predicted molar refractivity (Wildman–Crippen MR) is 65.2 cm³/mol. The smallest absolute Gasteiger partial charge is 0.124 e. The maximum Gasteiger partial charge on any atom is 0.124 e. The van der Waals surface area contributed by atoms with Crippen molar-refractivity contribution in [2.24, 2.45) is 0 Å². The Morgan fingerprint density at radius 2 is 2.18 bits per heavy atom. The molecule has 0 amide bonds. The van der Waals surface area contributed by atoms with Crippen LogP contribution in [0, 0.1) is 0 Å². The Kier molecular flexibility index (Phi) is 3.39. The van der Waals surface area contributed by atoms with Crippen molar-refractivity contribution < 1.29 is 5.11 Å². The fourth-order valence-corrected chi connectivity index (χ4v) is 1.78. The van der Waals surface area contributed by atoms with Gasteiger partial charge in [0, 0.05) is 17.8 Å². The molecule has 1 heterocycles. The summed E-state index contributed by atoms with van der Waals surface area (Å²) in [5.41, 5.74) is 7.77. The number of nitrogen functional groups attached to an aromatic ring is 1. The summed E-state index contributed by atoms with van der Waals surface area (Å²) in [6.07, 6.45) is 1.73. The van der Waals surface area contributed by atoms with Crippen LogP contribution < -0.4 is 5.73 Å². The first-order valence-corrected chi connectivity index (χ1v) is 5.65. The average Bonchev–Trinajstić information content (AvgIpc) is 2.78. The molecule has 1 aromatic carbocycles. The van der Waals surface area contributed by atoms with E-state index in [-0.39, 0.29) is 0 Å². The highest BCUT2D eigenvalue weighted by Crippen LogP contribution is 2.25. The van der Waals surface area contributed by atoms with Crippen molar-refractivity contribution in [2.75, 3.05) is 5.73 Å². The number of hydrogen-bond acceptors (Lipinski definition) is 4. The first kappa shape index (κ1) is 11.6. The van der Waals surface area contributed by atoms with Crippen LogP contribution >= 0.6 is 0 Å². The Morgan fingerprint density at radius 1 is 1.41 bits per heavy atom. The number of nitrogens with two attached hydrogens (primary N) is 1. The van der Waals surface area contributed by atoms with Crippen molar-refractivity contribution in [1.29, 1.82) is 0 Å². The lowest BCUT2D eigenvalue weighted by Gasteiger charge is -2.14. The van der Waals surface area contributed by atoms with Crippen molar-refractivity contribution >= 4 is 5.69 Å². The van der Waals surface area contributed by atoms with E-state index < -0.39 is 6.10 Å². The van der Waals surface area contributed by atoms with Crippen LogP contribution in [0.2, 0.25) is 0 Å². The van der Waals surface area contributed by atoms with Gasteiger partial charge in [0.25, 0.3) is 0 Å².